The molecular weight excluding hydrogens is 294 g/mol. The standard InChI is InChI=1S/C14H11NO3S2/c15-8-10-1-3-11(4-2-10)18-5-6-19-12-7-13(14(16)17)20-9-12/h1-4,7,9H,5-6H2,(H,16,17). The molecule has 0 saturated heterocycles. The molecule has 1 aromatic carbocycles. The van der Waals surface area contributed by atoms with Crippen LogP contribution in [0.15, 0.2) is 40.6 Å². The summed E-state index contributed by atoms with van der Waals surface area (Å²) in [6.45, 7) is 0.523. The first-order valence-electron chi connectivity index (χ1n) is 5.76. The van der Waals surface area contributed by atoms with Crippen LogP contribution in [0.2, 0.25) is 0 Å². The highest BCUT2D eigenvalue weighted by atomic mass is 32.2. The second-order valence-corrected chi connectivity index (χ2v) is 5.86. The zero-order valence-electron chi connectivity index (χ0n) is 10.4. The highest BCUT2D eigenvalue weighted by molar-refractivity contribution is 7.99. The first kappa shape index (κ1) is 14.4. The van der Waals surface area contributed by atoms with Gasteiger partial charge in [-0.2, -0.15) is 5.26 Å². The zero-order valence-corrected chi connectivity index (χ0v) is 12.0. The number of hydrogen-bond donors (Lipinski definition) is 1. The molecule has 0 amide bonds. The van der Waals surface area contributed by atoms with Crippen molar-refractivity contribution in [3.05, 3.63) is 46.2 Å². The molecule has 20 heavy (non-hydrogen) atoms. The summed E-state index contributed by atoms with van der Waals surface area (Å²) in [5.74, 6) is 0.562. The normalized spacial score (nSPS) is 9.95. The van der Waals surface area contributed by atoms with Crippen LogP contribution >= 0.6 is 23.1 Å². The van der Waals surface area contributed by atoms with E-state index >= 15 is 0 Å². The Balaban J connectivity index is 1.75. The van der Waals surface area contributed by atoms with E-state index in [1.165, 1.54) is 11.3 Å². The van der Waals surface area contributed by atoms with Gasteiger partial charge in [0.25, 0.3) is 0 Å². The summed E-state index contributed by atoms with van der Waals surface area (Å²) in [6, 6.07) is 10.7. The summed E-state index contributed by atoms with van der Waals surface area (Å²) in [5, 5.41) is 19.3. The number of rotatable bonds is 6. The molecule has 0 unspecified atom stereocenters. The lowest BCUT2D eigenvalue weighted by Crippen LogP contribution is -1.99. The SMILES string of the molecule is N#Cc1ccc(OCCSc2csc(C(=O)O)c2)cc1. The number of nitrogens with zero attached hydrogens (tertiary/aromatic N) is 1. The van der Waals surface area contributed by atoms with Gasteiger partial charge >= 0.3 is 5.97 Å². The molecule has 0 spiro atoms. The summed E-state index contributed by atoms with van der Waals surface area (Å²) < 4.78 is 5.54. The Morgan fingerprint density at radius 2 is 2.15 bits per heavy atom. The Kier molecular flexibility index (Phi) is 5.04. The van der Waals surface area contributed by atoms with Crippen molar-refractivity contribution in [1.82, 2.24) is 0 Å². The fourth-order valence-electron chi connectivity index (χ4n) is 1.45. The van der Waals surface area contributed by atoms with E-state index in [-0.39, 0.29) is 0 Å². The van der Waals surface area contributed by atoms with Crippen LogP contribution in [-0.4, -0.2) is 23.4 Å². The second kappa shape index (κ2) is 6.98. The van der Waals surface area contributed by atoms with Gasteiger partial charge in [-0.3, -0.25) is 0 Å². The van der Waals surface area contributed by atoms with Gasteiger partial charge in [-0.15, -0.1) is 23.1 Å². The topological polar surface area (TPSA) is 70.3 Å². The third-order valence-electron chi connectivity index (χ3n) is 2.39. The van der Waals surface area contributed by atoms with Crippen LogP contribution in [0.4, 0.5) is 0 Å². The van der Waals surface area contributed by atoms with Gasteiger partial charge in [0.05, 0.1) is 18.2 Å². The summed E-state index contributed by atoms with van der Waals surface area (Å²) in [4.78, 5) is 12.0. The summed E-state index contributed by atoms with van der Waals surface area (Å²) in [6.07, 6.45) is 0. The fraction of sp³-hybridized carbons (Fsp3) is 0.143. The molecule has 102 valence electrons. The maximum Gasteiger partial charge on any atom is 0.345 e. The van der Waals surface area contributed by atoms with Crippen LogP contribution in [-0.2, 0) is 0 Å². The van der Waals surface area contributed by atoms with Crippen LogP contribution in [0, 0.1) is 11.3 Å². The van der Waals surface area contributed by atoms with Gasteiger partial charge < -0.3 is 9.84 Å². The maximum atomic E-state index is 10.7. The minimum absolute atomic E-state index is 0.348. The van der Waals surface area contributed by atoms with Crippen molar-refractivity contribution in [3.8, 4) is 11.8 Å². The monoisotopic (exact) mass is 305 g/mol. The predicted molar refractivity (Wildman–Crippen MR) is 78.7 cm³/mol. The lowest BCUT2D eigenvalue weighted by atomic mass is 10.2. The Morgan fingerprint density at radius 1 is 1.40 bits per heavy atom. The van der Waals surface area contributed by atoms with Gasteiger partial charge in [0.15, 0.2) is 0 Å². The van der Waals surface area contributed by atoms with Crippen molar-refractivity contribution in [3.63, 3.8) is 0 Å². The van der Waals surface area contributed by atoms with E-state index in [0.717, 1.165) is 16.4 Å². The lowest BCUT2D eigenvalue weighted by Gasteiger charge is -2.05. The van der Waals surface area contributed by atoms with Crippen molar-refractivity contribution in [1.29, 1.82) is 5.26 Å². The molecule has 0 aliphatic carbocycles. The van der Waals surface area contributed by atoms with Gasteiger partial charge in [0.2, 0.25) is 0 Å². The number of nitriles is 1. The molecule has 6 heteroatoms. The molecule has 0 bridgehead atoms. The number of carboxylic acids is 1. The highest BCUT2D eigenvalue weighted by Crippen LogP contribution is 2.24. The quantitative estimate of drug-likeness (QED) is 0.653. The number of carboxylic acid groups (broad SMARTS) is 1. The molecule has 2 aromatic rings. The molecule has 1 N–H and O–H groups in total. The van der Waals surface area contributed by atoms with Crippen LogP contribution in [0.5, 0.6) is 5.75 Å². The Morgan fingerprint density at radius 3 is 2.75 bits per heavy atom. The minimum atomic E-state index is -0.893. The minimum Gasteiger partial charge on any atom is -0.493 e. The zero-order chi connectivity index (χ0) is 14.4. The molecule has 4 nitrogen and oxygen atoms in total. The summed E-state index contributed by atoms with van der Waals surface area (Å²) >= 11 is 2.78. The average Bonchev–Trinajstić information content (AvgIpc) is 2.93. The molecule has 0 radical (unpaired) electrons. The molecule has 2 rings (SSSR count). The number of ether oxygens (including phenoxy) is 1. The van der Waals surface area contributed by atoms with Crippen molar-refractivity contribution in [2.45, 2.75) is 4.90 Å². The van der Waals surface area contributed by atoms with E-state index in [2.05, 4.69) is 0 Å². The number of thiophene rings is 1. The van der Waals surface area contributed by atoms with E-state index in [9.17, 15) is 4.79 Å². The maximum absolute atomic E-state index is 10.7. The van der Waals surface area contributed by atoms with Gasteiger partial charge in [-0.25, -0.2) is 4.79 Å². The van der Waals surface area contributed by atoms with Gasteiger partial charge in [-0.05, 0) is 30.3 Å². The Hall–Kier alpha value is -1.97. The molecular formula is C14H11NO3S2. The Bertz CT molecular complexity index is 629. The second-order valence-electron chi connectivity index (χ2n) is 3.78. The number of thioether (sulfide) groups is 1. The van der Waals surface area contributed by atoms with Gasteiger partial charge in [0.1, 0.15) is 10.6 Å². The van der Waals surface area contributed by atoms with E-state index in [0.29, 0.717) is 17.0 Å². The highest BCUT2D eigenvalue weighted by Gasteiger charge is 2.06. The third kappa shape index (κ3) is 4.02. The molecule has 0 aliphatic rings. The Labute approximate surface area is 124 Å². The van der Waals surface area contributed by atoms with Crippen molar-refractivity contribution >= 4 is 29.1 Å². The van der Waals surface area contributed by atoms with Crippen LogP contribution in [0.1, 0.15) is 15.2 Å². The van der Waals surface area contributed by atoms with Crippen LogP contribution in [0.25, 0.3) is 0 Å². The molecule has 1 aromatic heterocycles. The van der Waals surface area contributed by atoms with Crippen molar-refractivity contribution < 1.29 is 14.6 Å². The smallest absolute Gasteiger partial charge is 0.345 e. The summed E-state index contributed by atoms with van der Waals surface area (Å²) in [5.41, 5.74) is 0.603. The lowest BCUT2D eigenvalue weighted by molar-refractivity contribution is 0.0702. The fourth-order valence-corrected chi connectivity index (χ4v) is 3.15. The molecule has 0 atom stereocenters. The number of aromatic carboxylic acids is 1. The van der Waals surface area contributed by atoms with Crippen LogP contribution < -0.4 is 4.74 Å². The number of carbonyl (C=O) groups is 1. The van der Waals surface area contributed by atoms with E-state index in [1.807, 2.05) is 11.4 Å². The van der Waals surface area contributed by atoms with Crippen molar-refractivity contribution in [2.24, 2.45) is 0 Å². The van der Waals surface area contributed by atoms with E-state index < -0.39 is 5.97 Å². The van der Waals surface area contributed by atoms with E-state index in [1.54, 1.807) is 42.1 Å². The number of benzene rings is 1. The largest absolute Gasteiger partial charge is 0.493 e. The predicted octanol–water partition coefficient (Wildman–Crippen LogP) is 3.49. The van der Waals surface area contributed by atoms with Crippen LogP contribution in [0.3, 0.4) is 0 Å². The first-order chi connectivity index (χ1) is 9.69. The van der Waals surface area contributed by atoms with Gasteiger partial charge in [0, 0.05) is 16.0 Å². The molecule has 1 heterocycles. The molecule has 0 saturated carbocycles. The van der Waals surface area contributed by atoms with E-state index in [4.69, 9.17) is 15.1 Å². The number of hydrogen-bond acceptors (Lipinski definition) is 5. The average molecular weight is 305 g/mol. The summed E-state index contributed by atoms with van der Waals surface area (Å²) in [7, 11) is 0. The van der Waals surface area contributed by atoms with Gasteiger partial charge in [-0.1, -0.05) is 0 Å². The first-order valence-corrected chi connectivity index (χ1v) is 7.63. The van der Waals surface area contributed by atoms with Crippen molar-refractivity contribution in [2.75, 3.05) is 12.4 Å². The molecule has 0 fully saturated rings. The third-order valence-corrected chi connectivity index (χ3v) is 4.40. The molecule has 0 aliphatic heterocycles.